The summed E-state index contributed by atoms with van der Waals surface area (Å²) in [6.07, 6.45) is 3.59. The highest BCUT2D eigenvalue weighted by Gasteiger charge is 2.35. The van der Waals surface area contributed by atoms with Gasteiger partial charge in [0.05, 0.1) is 0 Å². The van der Waals surface area contributed by atoms with E-state index in [2.05, 4.69) is 9.88 Å². The van der Waals surface area contributed by atoms with Gasteiger partial charge >= 0.3 is 0 Å². The number of hydrogen-bond acceptors (Lipinski definition) is 4. The molecule has 92 valence electrons. The van der Waals surface area contributed by atoms with E-state index in [4.69, 9.17) is 11.6 Å². The fourth-order valence-electron chi connectivity index (χ4n) is 2.65. The van der Waals surface area contributed by atoms with Gasteiger partial charge in [-0.1, -0.05) is 11.6 Å². The van der Waals surface area contributed by atoms with Crippen molar-refractivity contribution in [2.75, 3.05) is 19.6 Å². The average Bonchev–Trinajstić information content (AvgIpc) is 2.87. The van der Waals surface area contributed by atoms with Gasteiger partial charge in [-0.3, -0.25) is 9.69 Å². The van der Waals surface area contributed by atoms with Gasteiger partial charge in [-0.2, -0.15) is 0 Å². The van der Waals surface area contributed by atoms with Crippen molar-refractivity contribution in [2.45, 2.75) is 25.4 Å². The lowest BCUT2D eigenvalue weighted by Gasteiger charge is -2.37. The van der Waals surface area contributed by atoms with E-state index < -0.39 is 0 Å². The van der Waals surface area contributed by atoms with Gasteiger partial charge in [0.2, 0.25) is 5.91 Å². The number of nitrogens with zero attached hydrogens (tertiary/aromatic N) is 3. The molecule has 1 unspecified atom stereocenters. The van der Waals surface area contributed by atoms with E-state index in [-0.39, 0.29) is 0 Å². The van der Waals surface area contributed by atoms with Crippen LogP contribution in [0.15, 0.2) is 6.20 Å². The Hall–Kier alpha value is -0.650. The van der Waals surface area contributed by atoms with E-state index in [1.165, 1.54) is 16.2 Å². The maximum absolute atomic E-state index is 11.6. The van der Waals surface area contributed by atoms with Crippen LogP contribution in [-0.4, -0.2) is 46.4 Å². The minimum atomic E-state index is 0.329. The van der Waals surface area contributed by atoms with E-state index in [0.717, 1.165) is 39.0 Å². The van der Waals surface area contributed by atoms with Crippen LogP contribution in [0.4, 0.5) is 0 Å². The van der Waals surface area contributed by atoms with Gasteiger partial charge in [0.15, 0.2) is 4.47 Å². The predicted octanol–water partition coefficient (Wildman–Crippen LogP) is 1.60. The maximum Gasteiger partial charge on any atom is 0.222 e. The van der Waals surface area contributed by atoms with Gasteiger partial charge in [-0.15, -0.1) is 11.3 Å². The topological polar surface area (TPSA) is 36.4 Å². The fraction of sp³-hybridized carbons (Fsp3) is 0.636. The first-order valence-corrected chi connectivity index (χ1v) is 7.04. The third kappa shape index (κ3) is 2.32. The average molecular weight is 272 g/mol. The second-order valence-corrected chi connectivity index (χ2v) is 6.29. The lowest BCUT2D eigenvalue weighted by molar-refractivity contribution is -0.130. The largest absolute Gasteiger partial charge is 0.337 e. The molecule has 2 fully saturated rings. The molecule has 1 aromatic heterocycles. The van der Waals surface area contributed by atoms with Crippen LogP contribution < -0.4 is 0 Å². The summed E-state index contributed by atoms with van der Waals surface area (Å²) in [5.41, 5.74) is 0. The second kappa shape index (κ2) is 4.55. The summed E-state index contributed by atoms with van der Waals surface area (Å²) in [6.45, 7) is 3.72. The smallest absolute Gasteiger partial charge is 0.222 e. The highest BCUT2D eigenvalue weighted by atomic mass is 35.5. The molecule has 3 rings (SSSR count). The number of rotatable bonds is 2. The maximum atomic E-state index is 11.6. The van der Waals surface area contributed by atoms with Crippen LogP contribution in [-0.2, 0) is 11.3 Å². The quantitative estimate of drug-likeness (QED) is 0.820. The number of piperazine rings is 1. The first-order valence-electron chi connectivity index (χ1n) is 5.84. The molecule has 0 spiro atoms. The molecule has 2 aliphatic rings. The van der Waals surface area contributed by atoms with Crippen LogP contribution in [0, 0.1) is 0 Å². The second-order valence-electron chi connectivity index (χ2n) is 4.59. The number of fused-ring (bicyclic) bond motifs is 1. The summed E-state index contributed by atoms with van der Waals surface area (Å²) in [7, 11) is 0. The number of aromatic nitrogens is 1. The number of carbonyl (C=O) groups is 1. The number of carbonyl (C=O) groups excluding carboxylic acids is 1. The lowest BCUT2D eigenvalue weighted by atomic mass is 10.1. The molecule has 2 saturated heterocycles. The van der Waals surface area contributed by atoms with Gasteiger partial charge in [0, 0.05) is 49.7 Å². The summed E-state index contributed by atoms with van der Waals surface area (Å²) in [6, 6.07) is 0.430. The first-order chi connectivity index (χ1) is 8.22. The molecule has 0 aliphatic carbocycles. The molecule has 0 aromatic carbocycles. The van der Waals surface area contributed by atoms with Crippen molar-refractivity contribution in [3.05, 3.63) is 15.5 Å². The Morgan fingerprint density at radius 1 is 1.53 bits per heavy atom. The molecule has 1 amide bonds. The summed E-state index contributed by atoms with van der Waals surface area (Å²) >= 11 is 7.36. The minimum absolute atomic E-state index is 0.329. The third-order valence-electron chi connectivity index (χ3n) is 3.48. The zero-order chi connectivity index (χ0) is 11.8. The summed E-state index contributed by atoms with van der Waals surface area (Å²) in [5, 5.41) is 0. The Labute approximate surface area is 109 Å². The van der Waals surface area contributed by atoms with Gasteiger partial charge in [0.1, 0.15) is 0 Å². The first kappa shape index (κ1) is 11.4. The Morgan fingerprint density at radius 3 is 3.18 bits per heavy atom. The van der Waals surface area contributed by atoms with Crippen LogP contribution in [0.1, 0.15) is 17.7 Å². The van der Waals surface area contributed by atoms with Gasteiger partial charge < -0.3 is 4.90 Å². The summed E-state index contributed by atoms with van der Waals surface area (Å²) in [4.78, 5) is 21.2. The monoisotopic (exact) mass is 271 g/mol. The number of amides is 1. The number of halogens is 1. The van der Waals surface area contributed by atoms with Crippen molar-refractivity contribution in [1.82, 2.24) is 14.8 Å². The normalized spacial score (nSPS) is 25.4. The molecule has 1 atom stereocenters. The molecule has 1 aromatic rings. The standard InChI is InChI=1S/C11H14ClN3OS/c12-11-13-5-9(17-11)7-14-3-4-15-8(6-14)1-2-10(15)16/h5,8H,1-4,6-7H2. The molecular weight excluding hydrogens is 258 g/mol. The summed E-state index contributed by atoms with van der Waals surface area (Å²) in [5.74, 6) is 0.329. The number of thiazole rings is 1. The molecule has 3 heterocycles. The van der Waals surface area contributed by atoms with E-state index in [9.17, 15) is 4.79 Å². The molecule has 0 bridgehead atoms. The third-order valence-corrected chi connectivity index (χ3v) is 4.58. The van der Waals surface area contributed by atoms with Crippen LogP contribution in [0.3, 0.4) is 0 Å². The molecule has 0 radical (unpaired) electrons. The fourth-order valence-corrected chi connectivity index (χ4v) is 3.67. The van der Waals surface area contributed by atoms with E-state index in [0.29, 0.717) is 16.4 Å². The molecule has 4 nitrogen and oxygen atoms in total. The predicted molar refractivity (Wildman–Crippen MR) is 67.1 cm³/mol. The Balaban J connectivity index is 1.62. The molecule has 0 N–H and O–H groups in total. The Kier molecular flexibility index (Phi) is 3.06. The van der Waals surface area contributed by atoms with Crippen LogP contribution in [0.2, 0.25) is 4.47 Å². The van der Waals surface area contributed by atoms with E-state index in [1.54, 1.807) is 0 Å². The molecule has 2 aliphatic heterocycles. The molecule has 17 heavy (non-hydrogen) atoms. The van der Waals surface area contributed by atoms with Gasteiger partial charge in [0.25, 0.3) is 0 Å². The summed E-state index contributed by atoms with van der Waals surface area (Å²) < 4.78 is 0.606. The van der Waals surface area contributed by atoms with Crippen molar-refractivity contribution in [2.24, 2.45) is 0 Å². The number of hydrogen-bond donors (Lipinski definition) is 0. The SMILES string of the molecule is O=C1CCC2CN(Cc3cnc(Cl)s3)CCN12. The van der Waals surface area contributed by atoms with Crippen molar-refractivity contribution < 1.29 is 4.79 Å². The molecule has 6 heteroatoms. The Bertz CT molecular complexity index is 436. The van der Waals surface area contributed by atoms with Crippen molar-refractivity contribution in [3.8, 4) is 0 Å². The highest BCUT2D eigenvalue weighted by molar-refractivity contribution is 7.15. The zero-order valence-electron chi connectivity index (χ0n) is 9.43. The molecule has 0 saturated carbocycles. The highest BCUT2D eigenvalue weighted by Crippen LogP contribution is 2.25. The van der Waals surface area contributed by atoms with Crippen LogP contribution >= 0.6 is 22.9 Å². The lowest BCUT2D eigenvalue weighted by Crippen LogP contribution is -2.50. The van der Waals surface area contributed by atoms with E-state index >= 15 is 0 Å². The van der Waals surface area contributed by atoms with Gasteiger partial charge in [-0.05, 0) is 6.42 Å². The minimum Gasteiger partial charge on any atom is -0.337 e. The Morgan fingerprint density at radius 2 is 2.41 bits per heavy atom. The van der Waals surface area contributed by atoms with Crippen LogP contribution in [0.25, 0.3) is 0 Å². The van der Waals surface area contributed by atoms with E-state index in [1.807, 2.05) is 11.1 Å². The zero-order valence-corrected chi connectivity index (χ0v) is 11.0. The molecular formula is C11H14ClN3OS. The van der Waals surface area contributed by atoms with Crippen molar-refractivity contribution in [3.63, 3.8) is 0 Å². The van der Waals surface area contributed by atoms with Crippen molar-refractivity contribution in [1.29, 1.82) is 0 Å². The van der Waals surface area contributed by atoms with Gasteiger partial charge in [-0.25, -0.2) is 4.98 Å². The van der Waals surface area contributed by atoms with Crippen LogP contribution in [0.5, 0.6) is 0 Å². The van der Waals surface area contributed by atoms with Crippen molar-refractivity contribution >= 4 is 28.8 Å².